The number of nitrogens with two attached hydrogens (primary N) is 1. The second-order valence-electron chi connectivity index (χ2n) is 4.68. The van der Waals surface area contributed by atoms with E-state index >= 15 is 0 Å². The molecule has 1 heterocycles. The summed E-state index contributed by atoms with van der Waals surface area (Å²) in [4.78, 5) is 3.49. The van der Waals surface area contributed by atoms with Gasteiger partial charge in [0, 0.05) is 18.5 Å². The number of nitrogens with zero attached hydrogens (tertiary/aromatic N) is 1. The molecule has 0 aliphatic heterocycles. The lowest BCUT2D eigenvalue weighted by molar-refractivity contribution is 0.588. The number of hydrogen-bond donors (Lipinski definition) is 2. The Morgan fingerprint density at radius 1 is 1.33 bits per heavy atom. The monoisotopic (exact) mass is 325 g/mol. The molecule has 114 valence electrons. The van der Waals surface area contributed by atoms with Gasteiger partial charge >= 0.3 is 0 Å². The molecule has 5 nitrogen and oxygen atoms in total. The van der Waals surface area contributed by atoms with E-state index in [1.165, 1.54) is 18.0 Å². The first-order valence-corrected chi connectivity index (χ1v) is 8.87. The molecule has 0 atom stereocenters. The minimum atomic E-state index is -3.46. The highest BCUT2D eigenvalue weighted by atomic mass is 32.2. The normalized spacial score (nSPS) is 11.5. The van der Waals surface area contributed by atoms with Crippen LogP contribution in [0.25, 0.3) is 0 Å². The smallest absolute Gasteiger partial charge is 0.240 e. The van der Waals surface area contributed by atoms with Crippen LogP contribution in [0.2, 0.25) is 0 Å². The first-order valence-electron chi connectivity index (χ1n) is 6.50. The quantitative estimate of drug-likeness (QED) is 0.796. The van der Waals surface area contributed by atoms with Gasteiger partial charge in [0.05, 0.1) is 16.3 Å². The Bertz CT molecular complexity index is 697. The van der Waals surface area contributed by atoms with E-state index in [1.807, 2.05) is 23.4 Å². The largest absolute Gasteiger partial charge is 0.397 e. The average Bonchev–Trinajstić information content (AvgIpc) is 2.98. The number of benzene rings is 1. The van der Waals surface area contributed by atoms with Crippen molar-refractivity contribution in [3.05, 3.63) is 40.6 Å². The molecule has 1 aromatic heterocycles. The van der Waals surface area contributed by atoms with Crippen LogP contribution in [0.4, 0.5) is 11.4 Å². The molecule has 3 N–H and O–H groups in total. The molecule has 7 heteroatoms. The summed E-state index contributed by atoms with van der Waals surface area (Å²) in [5, 5.41) is 2.05. The Balaban J connectivity index is 2.20. The number of nitrogen functional groups attached to an aromatic ring is 1. The molecule has 0 aliphatic carbocycles. The molecule has 0 aliphatic rings. The summed E-state index contributed by atoms with van der Waals surface area (Å²) in [5.41, 5.74) is 7.26. The number of rotatable bonds is 6. The predicted molar refractivity (Wildman–Crippen MR) is 88.4 cm³/mol. The molecular weight excluding hydrogens is 306 g/mol. The van der Waals surface area contributed by atoms with Gasteiger partial charge in [0.1, 0.15) is 0 Å². The van der Waals surface area contributed by atoms with Crippen LogP contribution in [-0.4, -0.2) is 29.1 Å². The van der Waals surface area contributed by atoms with E-state index in [1.54, 1.807) is 23.5 Å². The summed E-state index contributed by atoms with van der Waals surface area (Å²) < 4.78 is 26.0. The van der Waals surface area contributed by atoms with Gasteiger partial charge in [-0.3, -0.25) is 0 Å². The first kappa shape index (κ1) is 15.8. The summed E-state index contributed by atoms with van der Waals surface area (Å²) >= 11 is 1.71. The van der Waals surface area contributed by atoms with Gasteiger partial charge in [-0.15, -0.1) is 11.3 Å². The van der Waals surface area contributed by atoms with Gasteiger partial charge in [-0.05, 0) is 43.1 Å². The summed E-state index contributed by atoms with van der Waals surface area (Å²) in [7, 11) is -0.153. The zero-order chi connectivity index (χ0) is 15.5. The Labute approximate surface area is 129 Å². The van der Waals surface area contributed by atoms with Crippen molar-refractivity contribution in [2.24, 2.45) is 0 Å². The molecule has 21 heavy (non-hydrogen) atoms. The Morgan fingerprint density at radius 2 is 2.10 bits per heavy atom. The van der Waals surface area contributed by atoms with Crippen LogP contribution in [0.15, 0.2) is 40.6 Å². The highest BCUT2D eigenvalue weighted by Crippen LogP contribution is 2.26. The van der Waals surface area contributed by atoms with Crippen LogP contribution >= 0.6 is 11.3 Å². The van der Waals surface area contributed by atoms with E-state index in [-0.39, 0.29) is 4.90 Å². The molecular formula is C14H19N3O2S2. The van der Waals surface area contributed by atoms with Gasteiger partial charge in [0.15, 0.2) is 0 Å². The predicted octanol–water partition coefficient (Wildman–Crippen LogP) is 1.92. The molecule has 0 bridgehead atoms. The molecule has 0 amide bonds. The number of anilines is 2. The number of nitrogens with one attached hydrogen (secondary N) is 1. The summed E-state index contributed by atoms with van der Waals surface area (Å²) in [5.74, 6) is 0. The fourth-order valence-corrected chi connectivity index (χ4v) is 3.44. The highest BCUT2D eigenvalue weighted by Gasteiger charge is 2.15. The summed E-state index contributed by atoms with van der Waals surface area (Å²) in [6.45, 7) is 0.772. The molecule has 0 radical (unpaired) electrons. The number of sulfonamides is 1. The van der Waals surface area contributed by atoms with Gasteiger partial charge in [0.2, 0.25) is 10.0 Å². The Hall–Kier alpha value is -1.57. The highest BCUT2D eigenvalue weighted by molar-refractivity contribution is 7.89. The van der Waals surface area contributed by atoms with E-state index in [2.05, 4.69) is 10.8 Å². The molecule has 0 unspecified atom stereocenters. The van der Waals surface area contributed by atoms with Gasteiger partial charge in [0.25, 0.3) is 0 Å². The standard InChI is InChI=1S/C14H19N3O2S2/c1-16-21(18,19)12-5-6-13(15)14(10-12)17(2)8-7-11-4-3-9-20-11/h3-6,9-10,16H,7-8,15H2,1-2H3. The fourth-order valence-electron chi connectivity index (χ4n) is 1.99. The Morgan fingerprint density at radius 3 is 2.71 bits per heavy atom. The molecule has 1 aromatic carbocycles. The van der Waals surface area contributed by atoms with Crippen LogP contribution in [0.5, 0.6) is 0 Å². The molecule has 2 rings (SSSR count). The lowest BCUT2D eigenvalue weighted by Gasteiger charge is -2.21. The zero-order valence-electron chi connectivity index (χ0n) is 12.0. The van der Waals surface area contributed by atoms with Crippen molar-refractivity contribution in [3.63, 3.8) is 0 Å². The van der Waals surface area contributed by atoms with Gasteiger partial charge in [-0.2, -0.15) is 0 Å². The zero-order valence-corrected chi connectivity index (χ0v) is 13.7. The topological polar surface area (TPSA) is 75.4 Å². The molecule has 0 spiro atoms. The van der Waals surface area contributed by atoms with Crippen molar-refractivity contribution in [1.82, 2.24) is 4.72 Å². The third kappa shape index (κ3) is 3.75. The fraction of sp³-hybridized carbons (Fsp3) is 0.286. The molecule has 0 saturated carbocycles. The average molecular weight is 325 g/mol. The van der Waals surface area contributed by atoms with Gasteiger partial charge < -0.3 is 10.6 Å². The van der Waals surface area contributed by atoms with Crippen molar-refractivity contribution in [3.8, 4) is 0 Å². The van der Waals surface area contributed by atoms with E-state index in [0.717, 1.165) is 18.7 Å². The van der Waals surface area contributed by atoms with Crippen molar-refractivity contribution in [2.45, 2.75) is 11.3 Å². The van der Waals surface area contributed by atoms with Crippen LogP contribution in [-0.2, 0) is 16.4 Å². The molecule has 2 aromatic rings. The van der Waals surface area contributed by atoms with Crippen LogP contribution < -0.4 is 15.4 Å². The van der Waals surface area contributed by atoms with Gasteiger partial charge in [-0.1, -0.05) is 6.07 Å². The van der Waals surface area contributed by atoms with Crippen LogP contribution in [0.1, 0.15) is 4.88 Å². The SMILES string of the molecule is CNS(=O)(=O)c1ccc(N)c(N(C)CCc2cccs2)c1. The van der Waals surface area contributed by atoms with E-state index in [9.17, 15) is 8.42 Å². The maximum absolute atomic E-state index is 11.9. The van der Waals surface area contributed by atoms with Crippen LogP contribution in [0, 0.1) is 0 Å². The van der Waals surface area contributed by atoms with E-state index < -0.39 is 10.0 Å². The van der Waals surface area contributed by atoms with E-state index in [4.69, 9.17) is 5.73 Å². The first-order chi connectivity index (χ1) is 9.94. The van der Waals surface area contributed by atoms with Crippen molar-refractivity contribution >= 4 is 32.7 Å². The summed E-state index contributed by atoms with van der Waals surface area (Å²) in [6, 6.07) is 8.85. The van der Waals surface area contributed by atoms with Crippen molar-refractivity contribution in [2.75, 3.05) is 31.3 Å². The second kappa shape index (κ2) is 6.46. The maximum atomic E-state index is 11.9. The molecule has 0 saturated heterocycles. The third-order valence-corrected chi connectivity index (χ3v) is 5.61. The van der Waals surface area contributed by atoms with E-state index in [0.29, 0.717) is 5.69 Å². The minimum Gasteiger partial charge on any atom is -0.397 e. The second-order valence-corrected chi connectivity index (χ2v) is 7.60. The number of thiophene rings is 1. The number of hydrogen-bond acceptors (Lipinski definition) is 5. The third-order valence-electron chi connectivity index (χ3n) is 3.27. The van der Waals surface area contributed by atoms with Gasteiger partial charge in [-0.25, -0.2) is 13.1 Å². The molecule has 0 fully saturated rings. The minimum absolute atomic E-state index is 0.220. The number of likely N-dealkylation sites (N-methyl/N-ethyl adjacent to an activating group) is 1. The maximum Gasteiger partial charge on any atom is 0.240 e. The summed E-state index contributed by atoms with van der Waals surface area (Å²) in [6.07, 6.45) is 0.899. The van der Waals surface area contributed by atoms with Crippen LogP contribution in [0.3, 0.4) is 0 Å². The lowest BCUT2D eigenvalue weighted by Crippen LogP contribution is -2.23. The van der Waals surface area contributed by atoms with Crippen molar-refractivity contribution in [1.29, 1.82) is 0 Å². The lowest BCUT2D eigenvalue weighted by atomic mass is 10.2. The Kier molecular flexibility index (Phi) is 4.87. The van der Waals surface area contributed by atoms with Crippen molar-refractivity contribution < 1.29 is 8.42 Å².